The third kappa shape index (κ3) is 5.26. The van der Waals surface area contributed by atoms with Crippen LogP contribution in [0.3, 0.4) is 0 Å². The first-order chi connectivity index (χ1) is 15.9. The molecule has 4 aromatic rings. The molecule has 0 radical (unpaired) electrons. The third-order valence-electron chi connectivity index (χ3n) is 5.20. The molecule has 1 aromatic heterocycles. The number of carbonyl (C=O) groups is 1. The van der Waals surface area contributed by atoms with Gasteiger partial charge in [0, 0.05) is 10.9 Å². The number of hydrogen-bond acceptors (Lipinski definition) is 3. The van der Waals surface area contributed by atoms with Crippen molar-refractivity contribution < 1.29 is 9.90 Å². The van der Waals surface area contributed by atoms with Crippen molar-refractivity contribution in [2.24, 2.45) is 0 Å². The number of halogens is 4. The summed E-state index contributed by atoms with van der Waals surface area (Å²) < 4.78 is 0. The van der Waals surface area contributed by atoms with Crippen molar-refractivity contribution in [1.82, 2.24) is 10.3 Å². The lowest BCUT2D eigenvalue weighted by atomic mass is 10.0. The maximum atomic E-state index is 12.7. The van der Waals surface area contributed by atoms with Gasteiger partial charge < -0.3 is 10.4 Å². The molecule has 168 valence electrons. The highest BCUT2D eigenvalue weighted by Gasteiger charge is 2.19. The number of nitrogens with one attached hydrogen (secondary N) is 1. The van der Waals surface area contributed by atoms with E-state index < -0.39 is 11.9 Å². The van der Waals surface area contributed by atoms with Crippen LogP contribution in [0.1, 0.15) is 15.9 Å². The van der Waals surface area contributed by atoms with E-state index in [1.165, 1.54) is 0 Å². The fourth-order valence-corrected chi connectivity index (χ4v) is 4.76. The first-order valence-corrected chi connectivity index (χ1v) is 11.6. The second-order valence-electron chi connectivity index (χ2n) is 7.47. The number of aliphatic hydroxyl groups excluding tert-OH is 1. The lowest BCUT2D eigenvalue weighted by molar-refractivity contribution is 0.0917. The van der Waals surface area contributed by atoms with Crippen LogP contribution >= 0.6 is 46.4 Å². The monoisotopic (exact) mass is 518 g/mol. The van der Waals surface area contributed by atoms with Gasteiger partial charge in [-0.3, -0.25) is 4.79 Å². The Labute approximate surface area is 211 Å². The molecule has 0 saturated carbocycles. The summed E-state index contributed by atoms with van der Waals surface area (Å²) >= 11 is 24.9. The van der Waals surface area contributed by atoms with Gasteiger partial charge in [0.25, 0.3) is 5.91 Å². The summed E-state index contributed by atoms with van der Waals surface area (Å²) in [7, 11) is 0. The number of rotatable bonds is 6. The van der Waals surface area contributed by atoms with Crippen molar-refractivity contribution >= 4 is 63.2 Å². The van der Waals surface area contributed by atoms with Crippen LogP contribution in [0.4, 0.5) is 0 Å². The van der Waals surface area contributed by atoms with Gasteiger partial charge in [0.2, 0.25) is 0 Å². The number of aromatic nitrogens is 1. The minimum atomic E-state index is -0.517. The summed E-state index contributed by atoms with van der Waals surface area (Å²) in [6.07, 6.45) is 0.415. The highest BCUT2D eigenvalue weighted by Crippen LogP contribution is 2.34. The number of hydrogen-bond donors (Lipinski definition) is 2. The van der Waals surface area contributed by atoms with Gasteiger partial charge in [-0.1, -0.05) is 70.7 Å². The van der Waals surface area contributed by atoms with E-state index in [9.17, 15) is 9.90 Å². The smallest absolute Gasteiger partial charge is 0.254 e. The Balaban J connectivity index is 1.55. The molecule has 0 saturated heterocycles. The Morgan fingerprint density at radius 1 is 0.879 bits per heavy atom. The molecule has 1 amide bonds. The number of carbonyl (C=O) groups excluding carboxylic acids is 1. The Hall–Kier alpha value is -2.34. The molecule has 3 aromatic carbocycles. The predicted octanol–water partition coefficient (Wildman–Crippen LogP) is 6.85. The minimum Gasteiger partial charge on any atom is -0.394 e. The van der Waals surface area contributed by atoms with E-state index in [4.69, 9.17) is 51.4 Å². The van der Waals surface area contributed by atoms with Gasteiger partial charge in [0.1, 0.15) is 0 Å². The number of pyridine rings is 1. The lowest BCUT2D eigenvalue weighted by Crippen LogP contribution is -2.39. The van der Waals surface area contributed by atoms with Crippen LogP contribution in [0.25, 0.3) is 22.2 Å². The fourth-order valence-electron chi connectivity index (χ4n) is 3.60. The Kier molecular flexibility index (Phi) is 7.42. The van der Waals surface area contributed by atoms with Crippen molar-refractivity contribution in [2.45, 2.75) is 12.5 Å². The van der Waals surface area contributed by atoms with E-state index in [1.807, 2.05) is 30.3 Å². The van der Waals surface area contributed by atoms with Crippen LogP contribution in [0, 0.1) is 0 Å². The van der Waals surface area contributed by atoms with Gasteiger partial charge in [-0.15, -0.1) is 0 Å². The highest BCUT2D eigenvalue weighted by atomic mass is 35.5. The molecule has 0 aliphatic carbocycles. The summed E-state index contributed by atoms with van der Waals surface area (Å²) in [6.45, 7) is -0.242. The van der Waals surface area contributed by atoms with Gasteiger partial charge in [0.05, 0.1) is 49.5 Å². The van der Waals surface area contributed by atoms with Crippen LogP contribution in [0.5, 0.6) is 0 Å². The van der Waals surface area contributed by atoms with Crippen molar-refractivity contribution in [3.8, 4) is 11.3 Å². The van der Waals surface area contributed by atoms with E-state index >= 15 is 0 Å². The lowest BCUT2D eigenvalue weighted by Gasteiger charge is -2.18. The molecular formula is C25H18Cl4N2O2. The molecule has 0 aliphatic heterocycles. The zero-order chi connectivity index (χ0) is 23.5. The molecule has 33 heavy (non-hydrogen) atoms. The number of benzene rings is 3. The van der Waals surface area contributed by atoms with Crippen LogP contribution in [0.2, 0.25) is 20.1 Å². The summed E-state index contributed by atoms with van der Waals surface area (Å²) in [5, 5.41) is 15.1. The average Bonchev–Trinajstić information content (AvgIpc) is 2.78. The van der Waals surface area contributed by atoms with Crippen molar-refractivity contribution in [3.63, 3.8) is 0 Å². The molecule has 1 atom stereocenters. The topological polar surface area (TPSA) is 62.2 Å². The average molecular weight is 520 g/mol. The van der Waals surface area contributed by atoms with Gasteiger partial charge in [-0.05, 0) is 54.4 Å². The van der Waals surface area contributed by atoms with Crippen molar-refractivity contribution in [3.05, 3.63) is 97.9 Å². The predicted molar refractivity (Wildman–Crippen MR) is 136 cm³/mol. The number of fused-ring (bicyclic) bond motifs is 1. The molecule has 4 nitrogen and oxygen atoms in total. The maximum absolute atomic E-state index is 12.7. The van der Waals surface area contributed by atoms with E-state index in [2.05, 4.69) is 5.32 Å². The van der Waals surface area contributed by atoms with Crippen LogP contribution in [0.15, 0.2) is 66.7 Å². The minimum absolute atomic E-state index is 0.188. The van der Waals surface area contributed by atoms with E-state index in [1.54, 1.807) is 36.4 Å². The molecule has 0 bridgehead atoms. The molecule has 0 fully saturated rings. The zero-order valence-corrected chi connectivity index (χ0v) is 20.2. The summed E-state index contributed by atoms with van der Waals surface area (Å²) in [4.78, 5) is 17.4. The fraction of sp³-hybridized carbons (Fsp3) is 0.120. The molecule has 8 heteroatoms. The second-order valence-corrected chi connectivity index (χ2v) is 9.10. The molecule has 0 aliphatic rings. The van der Waals surface area contributed by atoms with E-state index in [0.29, 0.717) is 27.7 Å². The molecule has 2 N–H and O–H groups in total. The summed E-state index contributed by atoms with van der Waals surface area (Å²) in [5.41, 5.74) is 3.26. The van der Waals surface area contributed by atoms with E-state index in [-0.39, 0.29) is 22.2 Å². The number of amides is 1. The SMILES string of the molecule is O=C(NC(CO)Cc1ccc2nc(-c3c(Cl)cccc3Cl)ccc2c1)c1c(Cl)cccc1Cl. The molecule has 1 unspecified atom stereocenters. The summed E-state index contributed by atoms with van der Waals surface area (Å²) in [5.74, 6) is -0.437. The first-order valence-electron chi connectivity index (χ1n) is 10.1. The van der Waals surface area contributed by atoms with Crippen molar-refractivity contribution in [1.29, 1.82) is 0 Å². The van der Waals surface area contributed by atoms with Crippen LogP contribution in [-0.2, 0) is 6.42 Å². The van der Waals surface area contributed by atoms with Gasteiger partial charge in [-0.2, -0.15) is 0 Å². The maximum Gasteiger partial charge on any atom is 0.254 e. The standard InChI is InChI=1S/C25H18Cl4N2O2/c26-17-3-1-4-18(27)23(17)22-10-8-15-11-14(7-9-21(15)31-22)12-16(13-32)30-25(33)24-19(28)5-2-6-20(24)29/h1-11,16,32H,12-13H2,(H,30,33). The molecule has 1 heterocycles. The first kappa shape index (κ1) is 23.8. The van der Waals surface area contributed by atoms with Gasteiger partial charge >= 0.3 is 0 Å². The molecule has 0 spiro atoms. The number of nitrogens with zero attached hydrogens (tertiary/aromatic N) is 1. The van der Waals surface area contributed by atoms with Gasteiger partial charge in [-0.25, -0.2) is 4.98 Å². The van der Waals surface area contributed by atoms with Crippen molar-refractivity contribution in [2.75, 3.05) is 6.61 Å². The summed E-state index contributed by atoms with van der Waals surface area (Å²) in [6, 6.07) is 19.2. The highest BCUT2D eigenvalue weighted by molar-refractivity contribution is 6.40. The Morgan fingerprint density at radius 3 is 2.15 bits per heavy atom. The number of aliphatic hydroxyl groups is 1. The third-order valence-corrected chi connectivity index (χ3v) is 6.46. The zero-order valence-electron chi connectivity index (χ0n) is 17.2. The Morgan fingerprint density at radius 2 is 1.52 bits per heavy atom. The largest absolute Gasteiger partial charge is 0.394 e. The second kappa shape index (κ2) is 10.3. The van der Waals surface area contributed by atoms with Crippen LogP contribution in [-0.4, -0.2) is 28.6 Å². The van der Waals surface area contributed by atoms with E-state index in [0.717, 1.165) is 16.5 Å². The quantitative estimate of drug-likeness (QED) is 0.293. The molecular weight excluding hydrogens is 502 g/mol. The van der Waals surface area contributed by atoms with Crippen LogP contribution < -0.4 is 5.32 Å². The van der Waals surface area contributed by atoms with Gasteiger partial charge in [0.15, 0.2) is 0 Å². The Bertz CT molecular complexity index is 1300. The molecule has 4 rings (SSSR count). The normalized spacial score (nSPS) is 12.0.